The second-order valence-electron chi connectivity index (χ2n) is 6.37. The molecular weight excluding hydrogens is 445 g/mol. The third kappa shape index (κ3) is 5.71. The summed E-state index contributed by atoms with van der Waals surface area (Å²) in [5.41, 5.74) is 0.451. The molecule has 0 aromatic heterocycles. The topological polar surface area (TPSA) is 95.6 Å². The fourth-order valence-electron chi connectivity index (χ4n) is 2.70. The van der Waals surface area contributed by atoms with Crippen molar-refractivity contribution in [2.75, 3.05) is 19.6 Å². The molecule has 2 N–H and O–H groups in total. The van der Waals surface area contributed by atoms with E-state index < -0.39 is 28.8 Å². The van der Waals surface area contributed by atoms with Crippen molar-refractivity contribution in [3.63, 3.8) is 0 Å². The zero-order chi connectivity index (χ0) is 22.4. The maximum atomic E-state index is 13.8. The van der Waals surface area contributed by atoms with Gasteiger partial charge in [-0.05, 0) is 36.0 Å². The predicted octanol–water partition coefficient (Wildman–Crippen LogP) is 3.06. The molecule has 1 heterocycles. The third-order valence-electron chi connectivity index (χ3n) is 4.25. The fourth-order valence-corrected chi connectivity index (χ4v) is 3.77. The Morgan fingerprint density at radius 3 is 2.52 bits per heavy atom. The van der Waals surface area contributed by atoms with Gasteiger partial charge in [-0.3, -0.25) is 24.1 Å². The Hall–Kier alpha value is -3.17. The van der Waals surface area contributed by atoms with Crippen LogP contribution in [0, 0.1) is 5.82 Å². The maximum Gasteiger partial charge on any atom is 0.293 e. The van der Waals surface area contributed by atoms with E-state index in [-0.39, 0.29) is 40.7 Å². The van der Waals surface area contributed by atoms with Crippen LogP contribution in [0.1, 0.15) is 15.9 Å². The van der Waals surface area contributed by atoms with E-state index in [2.05, 4.69) is 10.6 Å². The molecule has 1 fully saturated rings. The second-order valence-corrected chi connectivity index (χ2v) is 7.77. The highest BCUT2D eigenvalue weighted by molar-refractivity contribution is 8.18. The van der Waals surface area contributed by atoms with E-state index >= 15 is 0 Å². The number of rotatable bonds is 7. The lowest BCUT2D eigenvalue weighted by Crippen LogP contribution is -2.41. The first-order valence-corrected chi connectivity index (χ1v) is 10.4. The van der Waals surface area contributed by atoms with Crippen LogP contribution in [0.15, 0.2) is 53.4 Å². The lowest BCUT2D eigenvalue weighted by molar-refractivity contribution is -0.124. The van der Waals surface area contributed by atoms with Gasteiger partial charge in [-0.2, -0.15) is 0 Å². The minimum Gasteiger partial charge on any atom is -0.353 e. The molecule has 3 rings (SSSR count). The van der Waals surface area contributed by atoms with Crippen LogP contribution in [-0.4, -0.2) is 47.5 Å². The molecule has 10 heteroatoms. The molecule has 0 radical (unpaired) electrons. The normalized spacial score (nSPS) is 14.8. The van der Waals surface area contributed by atoms with E-state index in [9.17, 15) is 23.6 Å². The van der Waals surface area contributed by atoms with Crippen LogP contribution < -0.4 is 10.6 Å². The third-order valence-corrected chi connectivity index (χ3v) is 5.49. The molecule has 160 valence electrons. The number of amides is 4. The summed E-state index contributed by atoms with van der Waals surface area (Å²) >= 11 is 6.64. The Labute approximate surface area is 186 Å². The number of nitrogens with zero attached hydrogens (tertiary/aromatic N) is 1. The summed E-state index contributed by atoms with van der Waals surface area (Å²) < 4.78 is 13.8. The summed E-state index contributed by atoms with van der Waals surface area (Å²) in [6, 6.07) is 12.3. The Morgan fingerprint density at radius 2 is 1.77 bits per heavy atom. The highest BCUT2D eigenvalue weighted by atomic mass is 35.5. The lowest BCUT2D eigenvalue weighted by atomic mass is 10.2. The van der Waals surface area contributed by atoms with Crippen molar-refractivity contribution >= 4 is 52.4 Å². The molecule has 0 saturated carbocycles. The Kier molecular flexibility index (Phi) is 7.43. The molecule has 0 bridgehead atoms. The lowest BCUT2D eigenvalue weighted by Gasteiger charge is -2.13. The van der Waals surface area contributed by atoms with E-state index in [4.69, 9.17) is 11.6 Å². The molecule has 1 aliphatic rings. The molecule has 2 aromatic rings. The van der Waals surface area contributed by atoms with Crippen molar-refractivity contribution in [1.29, 1.82) is 0 Å². The minimum atomic E-state index is -0.556. The average Bonchev–Trinajstić information content (AvgIpc) is 3.01. The summed E-state index contributed by atoms with van der Waals surface area (Å²) in [4.78, 5) is 49.6. The van der Waals surface area contributed by atoms with Crippen molar-refractivity contribution < 1.29 is 23.6 Å². The van der Waals surface area contributed by atoms with E-state index in [0.717, 1.165) is 4.90 Å². The van der Waals surface area contributed by atoms with Gasteiger partial charge in [0.1, 0.15) is 5.82 Å². The monoisotopic (exact) mass is 461 g/mol. The molecule has 0 unspecified atom stereocenters. The van der Waals surface area contributed by atoms with Crippen LogP contribution in [0.3, 0.4) is 0 Å². The molecular formula is C21H17ClFN3O4S. The maximum absolute atomic E-state index is 13.8. The number of benzene rings is 2. The summed E-state index contributed by atoms with van der Waals surface area (Å²) in [5, 5.41) is 4.73. The number of halogens is 2. The molecule has 1 aliphatic heterocycles. The van der Waals surface area contributed by atoms with Gasteiger partial charge in [-0.1, -0.05) is 41.9 Å². The second kappa shape index (κ2) is 10.2. The van der Waals surface area contributed by atoms with E-state index in [0.29, 0.717) is 11.8 Å². The number of carbonyl (C=O) groups is 4. The van der Waals surface area contributed by atoms with Gasteiger partial charge in [-0.25, -0.2) is 4.39 Å². The van der Waals surface area contributed by atoms with Gasteiger partial charge < -0.3 is 10.6 Å². The number of nitrogens with one attached hydrogen (secondary N) is 2. The molecule has 31 heavy (non-hydrogen) atoms. The predicted molar refractivity (Wildman–Crippen MR) is 116 cm³/mol. The van der Waals surface area contributed by atoms with Gasteiger partial charge in [0.05, 0.1) is 22.0 Å². The van der Waals surface area contributed by atoms with Crippen molar-refractivity contribution in [2.45, 2.75) is 0 Å². The van der Waals surface area contributed by atoms with Crippen LogP contribution in [-0.2, 0) is 9.59 Å². The quantitative estimate of drug-likeness (QED) is 0.618. The van der Waals surface area contributed by atoms with Crippen molar-refractivity contribution in [3.8, 4) is 0 Å². The molecule has 7 nitrogen and oxygen atoms in total. The fraction of sp³-hybridized carbons (Fsp3) is 0.143. The van der Waals surface area contributed by atoms with Crippen molar-refractivity contribution in [2.24, 2.45) is 0 Å². The highest BCUT2D eigenvalue weighted by Crippen LogP contribution is 2.32. The van der Waals surface area contributed by atoms with Gasteiger partial charge in [0, 0.05) is 18.7 Å². The molecule has 0 spiro atoms. The summed E-state index contributed by atoms with van der Waals surface area (Å²) in [5.74, 6) is -2.04. The van der Waals surface area contributed by atoms with Crippen LogP contribution in [0.2, 0.25) is 5.02 Å². The van der Waals surface area contributed by atoms with Gasteiger partial charge in [0.25, 0.3) is 17.1 Å². The largest absolute Gasteiger partial charge is 0.353 e. The molecule has 2 aromatic carbocycles. The minimum absolute atomic E-state index is 0.00577. The molecule has 4 amide bonds. The number of thioether (sulfide) groups is 1. The molecule has 0 atom stereocenters. The van der Waals surface area contributed by atoms with Crippen molar-refractivity contribution in [1.82, 2.24) is 15.5 Å². The van der Waals surface area contributed by atoms with Crippen LogP contribution in [0.5, 0.6) is 0 Å². The van der Waals surface area contributed by atoms with Gasteiger partial charge in [-0.15, -0.1) is 0 Å². The zero-order valence-corrected chi connectivity index (χ0v) is 17.6. The Balaban J connectivity index is 1.48. The highest BCUT2D eigenvalue weighted by Gasteiger charge is 2.34. The van der Waals surface area contributed by atoms with E-state index in [1.165, 1.54) is 30.3 Å². The Bertz CT molecular complexity index is 1080. The number of imide groups is 1. The SMILES string of the molecule is O=C(CNC(=O)c1ccccc1Cl)NCCN1C(=O)S/C(=C\c2ccccc2F)C1=O. The van der Waals surface area contributed by atoms with E-state index in [1.54, 1.807) is 24.3 Å². The van der Waals surface area contributed by atoms with Crippen molar-refractivity contribution in [3.05, 3.63) is 75.4 Å². The number of hydrogen-bond acceptors (Lipinski definition) is 5. The van der Waals surface area contributed by atoms with Crippen LogP contribution in [0.4, 0.5) is 9.18 Å². The summed E-state index contributed by atoms with van der Waals surface area (Å²) in [7, 11) is 0. The average molecular weight is 462 g/mol. The smallest absolute Gasteiger partial charge is 0.293 e. The number of hydrogen-bond donors (Lipinski definition) is 2. The molecule has 1 saturated heterocycles. The first-order chi connectivity index (χ1) is 14.9. The van der Waals surface area contributed by atoms with Gasteiger partial charge in [0.15, 0.2) is 0 Å². The van der Waals surface area contributed by atoms with Gasteiger partial charge in [0.2, 0.25) is 5.91 Å². The first kappa shape index (κ1) is 22.5. The standard InChI is InChI=1S/C21H17ClFN3O4S/c22-15-7-3-2-6-14(15)19(28)25-12-18(27)24-9-10-26-20(29)17(31-21(26)30)11-13-5-1-4-8-16(13)23/h1-8,11H,9-10,12H2,(H,24,27)(H,25,28)/b17-11-. The molecule has 0 aliphatic carbocycles. The number of carbonyl (C=O) groups excluding carboxylic acids is 4. The summed E-state index contributed by atoms with van der Waals surface area (Å²) in [6.07, 6.45) is 1.32. The van der Waals surface area contributed by atoms with Gasteiger partial charge >= 0.3 is 0 Å². The zero-order valence-electron chi connectivity index (χ0n) is 16.1. The first-order valence-electron chi connectivity index (χ1n) is 9.16. The summed E-state index contributed by atoms with van der Waals surface area (Å²) in [6.45, 7) is -0.339. The van der Waals surface area contributed by atoms with E-state index in [1.807, 2.05) is 0 Å². The van der Waals surface area contributed by atoms with Crippen LogP contribution in [0.25, 0.3) is 6.08 Å². The van der Waals surface area contributed by atoms with Crippen LogP contribution >= 0.6 is 23.4 Å². The Morgan fingerprint density at radius 1 is 1.06 bits per heavy atom.